The molecule has 0 radical (unpaired) electrons. The van der Waals surface area contributed by atoms with Gasteiger partial charge in [-0.05, 0) is 68.0 Å². The lowest BCUT2D eigenvalue weighted by Gasteiger charge is -2.26. The van der Waals surface area contributed by atoms with Gasteiger partial charge in [0.05, 0.1) is 18.2 Å². The van der Waals surface area contributed by atoms with Crippen LogP contribution in [0.15, 0.2) is 42.5 Å². The van der Waals surface area contributed by atoms with Gasteiger partial charge >= 0.3 is 0 Å². The molecule has 10 heteroatoms. The Balaban J connectivity index is 2.22. The van der Waals surface area contributed by atoms with Gasteiger partial charge in [0.1, 0.15) is 11.6 Å². The van der Waals surface area contributed by atoms with Crippen molar-refractivity contribution in [3.05, 3.63) is 70.8 Å². The Morgan fingerprint density at radius 3 is 2.10 bits per heavy atom. The lowest BCUT2D eigenvalue weighted by atomic mass is 9.99. The molecule has 0 aliphatic carbocycles. The highest BCUT2D eigenvalue weighted by molar-refractivity contribution is 5.99. The quantitative estimate of drug-likeness (QED) is 0.245. The molecule has 0 aliphatic heterocycles. The molecule has 41 heavy (non-hydrogen) atoms. The number of aliphatic hydroxyl groups excluding tert-OH is 1. The molecule has 3 amide bonds. The Kier molecular flexibility index (Phi) is 13.9. The molecule has 0 aliphatic rings. The van der Waals surface area contributed by atoms with E-state index in [0.29, 0.717) is 25.2 Å². The Morgan fingerprint density at radius 2 is 1.51 bits per heavy atom. The van der Waals surface area contributed by atoms with Crippen LogP contribution in [0, 0.1) is 17.6 Å². The number of nitrogens with zero attached hydrogens (tertiary/aromatic N) is 1. The van der Waals surface area contributed by atoms with Crippen LogP contribution < -0.4 is 16.0 Å². The maximum Gasteiger partial charge on any atom is 0.253 e. The molecule has 0 saturated heterocycles. The summed E-state index contributed by atoms with van der Waals surface area (Å²) in [5, 5.41) is 19.6. The van der Waals surface area contributed by atoms with Gasteiger partial charge in [-0.25, -0.2) is 8.78 Å². The highest BCUT2D eigenvalue weighted by Gasteiger charge is 2.25. The van der Waals surface area contributed by atoms with Crippen molar-refractivity contribution >= 4 is 17.7 Å². The number of carbonyl (C=O) groups excluding carboxylic acids is 3. The second kappa shape index (κ2) is 16.8. The lowest BCUT2D eigenvalue weighted by Crippen LogP contribution is -2.52. The smallest absolute Gasteiger partial charge is 0.253 e. The standard InChI is InChI=1S/C31H44F2N4O4/c1-6-11-37(12-7-2)31(41)24-10-8-9-23(16-24)30(40)36-27(15-22-13-25(32)17-26(33)14-22)28(38)19-34-21(5)29(39)35-18-20(3)4/h8-10,13-14,16-17,20-21,27-28,34,38H,6-7,11-12,15,18-19H2,1-5H3,(H,35,39)(H,36,40)/t21-,27-,28+/m0/s1. The number of carbonyl (C=O) groups is 3. The van der Waals surface area contributed by atoms with Crippen LogP contribution in [0.3, 0.4) is 0 Å². The summed E-state index contributed by atoms with van der Waals surface area (Å²) in [7, 11) is 0. The van der Waals surface area contributed by atoms with Crippen molar-refractivity contribution in [1.29, 1.82) is 0 Å². The fraction of sp³-hybridized carbons (Fsp3) is 0.516. The van der Waals surface area contributed by atoms with Crippen molar-refractivity contribution in [2.75, 3.05) is 26.2 Å². The Morgan fingerprint density at radius 1 is 0.902 bits per heavy atom. The number of benzene rings is 2. The van der Waals surface area contributed by atoms with E-state index in [1.807, 2.05) is 27.7 Å². The van der Waals surface area contributed by atoms with Crippen LogP contribution in [-0.4, -0.2) is 72.1 Å². The molecular formula is C31H44F2N4O4. The predicted octanol–water partition coefficient (Wildman–Crippen LogP) is 3.68. The lowest BCUT2D eigenvalue weighted by molar-refractivity contribution is -0.123. The summed E-state index contributed by atoms with van der Waals surface area (Å²) in [4.78, 5) is 40.4. The highest BCUT2D eigenvalue weighted by atomic mass is 19.1. The third-order valence-corrected chi connectivity index (χ3v) is 6.52. The van der Waals surface area contributed by atoms with Gasteiger partial charge in [-0.3, -0.25) is 14.4 Å². The largest absolute Gasteiger partial charge is 0.390 e. The van der Waals surface area contributed by atoms with Crippen LogP contribution in [0.4, 0.5) is 8.78 Å². The first-order valence-corrected chi connectivity index (χ1v) is 14.3. The van der Waals surface area contributed by atoms with Gasteiger partial charge in [0.15, 0.2) is 0 Å². The molecule has 2 rings (SSSR count). The molecule has 0 bridgehead atoms. The second-order valence-electron chi connectivity index (χ2n) is 10.8. The monoisotopic (exact) mass is 574 g/mol. The fourth-order valence-electron chi connectivity index (χ4n) is 4.34. The molecule has 0 unspecified atom stereocenters. The molecule has 8 nitrogen and oxygen atoms in total. The number of halogens is 2. The van der Waals surface area contributed by atoms with E-state index in [0.717, 1.165) is 31.0 Å². The van der Waals surface area contributed by atoms with Gasteiger partial charge in [-0.1, -0.05) is 33.8 Å². The number of amides is 3. The molecule has 2 aromatic carbocycles. The molecule has 0 heterocycles. The zero-order chi connectivity index (χ0) is 30.5. The number of hydrogen-bond acceptors (Lipinski definition) is 5. The first kappa shape index (κ1) is 33.8. The van der Waals surface area contributed by atoms with Gasteiger partial charge in [0.25, 0.3) is 11.8 Å². The number of hydrogen-bond donors (Lipinski definition) is 4. The van der Waals surface area contributed by atoms with Crippen LogP contribution in [0.2, 0.25) is 0 Å². The average molecular weight is 575 g/mol. The molecule has 0 aromatic heterocycles. The molecule has 0 saturated carbocycles. The SMILES string of the molecule is CCCN(CCC)C(=O)c1cccc(C(=O)N[C@@H](Cc2cc(F)cc(F)c2)[C@H](O)CN[C@@H](C)C(=O)NCC(C)C)c1. The minimum atomic E-state index is -1.21. The van der Waals surface area contributed by atoms with Crippen LogP contribution >= 0.6 is 0 Å². The van der Waals surface area contributed by atoms with E-state index >= 15 is 0 Å². The zero-order valence-electron chi connectivity index (χ0n) is 24.7. The summed E-state index contributed by atoms with van der Waals surface area (Å²) < 4.78 is 27.8. The third kappa shape index (κ3) is 11.2. The molecule has 0 fully saturated rings. The first-order chi connectivity index (χ1) is 19.4. The van der Waals surface area contributed by atoms with E-state index in [1.165, 1.54) is 6.07 Å². The molecule has 2 aromatic rings. The number of nitrogens with one attached hydrogen (secondary N) is 3. The van der Waals surface area contributed by atoms with E-state index in [-0.39, 0.29) is 41.8 Å². The molecule has 0 spiro atoms. The van der Waals surface area contributed by atoms with Crippen molar-refractivity contribution in [3.8, 4) is 0 Å². The first-order valence-electron chi connectivity index (χ1n) is 14.3. The second-order valence-corrected chi connectivity index (χ2v) is 10.8. The predicted molar refractivity (Wildman–Crippen MR) is 156 cm³/mol. The summed E-state index contributed by atoms with van der Waals surface area (Å²) in [5.41, 5.74) is 0.820. The summed E-state index contributed by atoms with van der Waals surface area (Å²) in [6, 6.07) is 7.76. The minimum absolute atomic E-state index is 0.0689. The summed E-state index contributed by atoms with van der Waals surface area (Å²) in [5.74, 6) is -2.24. The third-order valence-electron chi connectivity index (χ3n) is 6.52. The van der Waals surface area contributed by atoms with E-state index in [2.05, 4.69) is 16.0 Å². The van der Waals surface area contributed by atoms with E-state index in [1.54, 1.807) is 30.0 Å². The van der Waals surface area contributed by atoms with Crippen molar-refractivity contribution in [2.24, 2.45) is 5.92 Å². The maximum absolute atomic E-state index is 13.9. The Bertz CT molecular complexity index is 1130. The van der Waals surface area contributed by atoms with E-state index < -0.39 is 35.7 Å². The topological polar surface area (TPSA) is 111 Å². The molecule has 4 N–H and O–H groups in total. The maximum atomic E-state index is 13.9. The molecule has 226 valence electrons. The average Bonchev–Trinajstić information content (AvgIpc) is 2.92. The van der Waals surface area contributed by atoms with Gasteiger partial charge in [-0.15, -0.1) is 0 Å². The van der Waals surface area contributed by atoms with Gasteiger partial charge < -0.3 is 26.0 Å². The molecule has 3 atom stereocenters. The van der Waals surface area contributed by atoms with E-state index in [4.69, 9.17) is 0 Å². The molecular weight excluding hydrogens is 530 g/mol. The Hall–Kier alpha value is -3.37. The summed E-state index contributed by atoms with van der Waals surface area (Å²) in [6.45, 7) is 11.2. The van der Waals surface area contributed by atoms with Gasteiger partial charge in [0, 0.05) is 43.4 Å². The van der Waals surface area contributed by atoms with Gasteiger partial charge in [-0.2, -0.15) is 0 Å². The summed E-state index contributed by atoms with van der Waals surface area (Å²) >= 11 is 0. The van der Waals surface area contributed by atoms with Crippen molar-refractivity contribution in [1.82, 2.24) is 20.9 Å². The van der Waals surface area contributed by atoms with Crippen LogP contribution in [0.25, 0.3) is 0 Å². The highest BCUT2D eigenvalue weighted by Crippen LogP contribution is 2.14. The van der Waals surface area contributed by atoms with Crippen LogP contribution in [0.1, 0.15) is 73.7 Å². The van der Waals surface area contributed by atoms with Gasteiger partial charge in [0.2, 0.25) is 5.91 Å². The van der Waals surface area contributed by atoms with Crippen molar-refractivity contribution in [2.45, 2.75) is 72.1 Å². The van der Waals surface area contributed by atoms with Crippen molar-refractivity contribution < 1.29 is 28.3 Å². The van der Waals surface area contributed by atoms with Crippen molar-refractivity contribution in [3.63, 3.8) is 0 Å². The normalized spacial score (nSPS) is 13.4. The summed E-state index contributed by atoms with van der Waals surface area (Å²) in [6.07, 6.45) is 0.326. The minimum Gasteiger partial charge on any atom is -0.390 e. The number of rotatable bonds is 16. The zero-order valence-corrected chi connectivity index (χ0v) is 24.7. The fourth-order valence-corrected chi connectivity index (χ4v) is 4.34. The number of aliphatic hydroxyl groups is 1. The van der Waals surface area contributed by atoms with E-state index in [9.17, 15) is 28.3 Å². The van der Waals surface area contributed by atoms with Crippen LogP contribution in [-0.2, 0) is 11.2 Å². The van der Waals surface area contributed by atoms with Crippen LogP contribution in [0.5, 0.6) is 0 Å². The Labute approximate surface area is 241 Å².